The second kappa shape index (κ2) is 7.77. The van der Waals surface area contributed by atoms with Crippen LogP contribution in [0.15, 0.2) is 24.3 Å². The lowest BCUT2D eigenvalue weighted by Gasteiger charge is -2.28. The summed E-state index contributed by atoms with van der Waals surface area (Å²) in [5, 5.41) is 0. The monoisotopic (exact) mass is 367 g/mol. The van der Waals surface area contributed by atoms with Crippen LogP contribution in [0, 0.1) is 0 Å². The van der Waals surface area contributed by atoms with Crippen molar-refractivity contribution in [1.29, 1.82) is 0 Å². The molecule has 1 amide bonds. The fourth-order valence-electron chi connectivity index (χ4n) is 3.05. The fraction of sp³-hybridized carbons (Fsp3) is 0.632. The Morgan fingerprint density at radius 3 is 2.60 bits per heavy atom. The Bertz CT molecular complexity index is 706. The minimum atomic E-state index is -3.02. The summed E-state index contributed by atoms with van der Waals surface area (Å²) in [6.07, 6.45) is 1.31. The standard InChI is InChI=1S/C19H29NO4S/c1-5-10-20(16-9-11-25(22,23)14-16)18(21)13-24-17-8-6-7-15(12-17)19(2,3)4/h6-8,12,16H,5,9-11,13-14H2,1-4H3. The Labute approximate surface area is 151 Å². The van der Waals surface area contributed by atoms with E-state index in [1.807, 2.05) is 31.2 Å². The molecule has 2 rings (SSSR count). The lowest BCUT2D eigenvalue weighted by atomic mass is 9.87. The highest BCUT2D eigenvalue weighted by molar-refractivity contribution is 7.91. The number of rotatable bonds is 6. The van der Waals surface area contributed by atoms with Gasteiger partial charge in [-0.25, -0.2) is 8.42 Å². The van der Waals surface area contributed by atoms with Crippen LogP contribution in [0.2, 0.25) is 0 Å². The highest BCUT2D eigenvalue weighted by atomic mass is 32.2. The minimum Gasteiger partial charge on any atom is -0.484 e. The zero-order valence-corrected chi connectivity index (χ0v) is 16.4. The van der Waals surface area contributed by atoms with Gasteiger partial charge in [-0.15, -0.1) is 0 Å². The van der Waals surface area contributed by atoms with Crippen LogP contribution < -0.4 is 4.74 Å². The molecule has 0 aromatic heterocycles. The number of nitrogens with zero attached hydrogens (tertiary/aromatic N) is 1. The third-order valence-corrected chi connectivity index (χ3v) is 6.25. The molecular weight excluding hydrogens is 338 g/mol. The van der Waals surface area contributed by atoms with E-state index >= 15 is 0 Å². The van der Waals surface area contributed by atoms with E-state index in [4.69, 9.17) is 4.74 Å². The SMILES string of the molecule is CCCN(C(=O)COc1cccc(C(C)(C)C)c1)C1CCS(=O)(=O)C1. The van der Waals surface area contributed by atoms with Crippen LogP contribution in [0.3, 0.4) is 0 Å². The topological polar surface area (TPSA) is 63.7 Å². The lowest BCUT2D eigenvalue weighted by Crippen LogP contribution is -2.44. The number of sulfone groups is 1. The maximum absolute atomic E-state index is 12.6. The molecule has 1 aromatic carbocycles. The maximum Gasteiger partial charge on any atom is 0.260 e. The number of carbonyl (C=O) groups excluding carboxylic acids is 1. The molecular formula is C19H29NO4S. The molecule has 1 aliphatic rings. The lowest BCUT2D eigenvalue weighted by molar-refractivity contribution is -0.135. The van der Waals surface area contributed by atoms with Crippen molar-refractivity contribution in [1.82, 2.24) is 4.90 Å². The van der Waals surface area contributed by atoms with Crippen LogP contribution in [-0.2, 0) is 20.0 Å². The third kappa shape index (κ3) is 5.46. The number of ether oxygens (including phenoxy) is 1. The van der Waals surface area contributed by atoms with Gasteiger partial charge in [-0.3, -0.25) is 4.79 Å². The Morgan fingerprint density at radius 1 is 1.32 bits per heavy atom. The molecule has 0 spiro atoms. The van der Waals surface area contributed by atoms with Gasteiger partial charge < -0.3 is 9.64 Å². The number of amides is 1. The average Bonchev–Trinajstić information content (AvgIpc) is 2.89. The van der Waals surface area contributed by atoms with Gasteiger partial charge in [0.1, 0.15) is 5.75 Å². The molecule has 25 heavy (non-hydrogen) atoms. The van der Waals surface area contributed by atoms with Crippen LogP contribution in [0.25, 0.3) is 0 Å². The van der Waals surface area contributed by atoms with Crippen LogP contribution >= 0.6 is 0 Å². The van der Waals surface area contributed by atoms with E-state index in [-0.39, 0.29) is 35.5 Å². The van der Waals surface area contributed by atoms with Crippen molar-refractivity contribution >= 4 is 15.7 Å². The zero-order chi connectivity index (χ0) is 18.7. The number of benzene rings is 1. The van der Waals surface area contributed by atoms with Crippen LogP contribution in [0.5, 0.6) is 5.75 Å². The van der Waals surface area contributed by atoms with Crippen molar-refractivity contribution in [2.24, 2.45) is 0 Å². The summed E-state index contributed by atoms with van der Waals surface area (Å²) in [6.45, 7) is 8.86. The van der Waals surface area contributed by atoms with E-state index in [2.05, 4.69) is 20.8 Å². The molecule has 0 bridgehead atoms. The van der Waals surface area contributed by atoms with Gasteiger partial charge >= 0.3 is 0 Å². The molecule has 1 unspecified atom stereocenters. The van der Waals surface area contributed by atoms with Crippen LogP contribution in [0.4, 0.5) is 0 Å². The van der Waals surface area contributed by atoms with Crippen LogP contribution in [0.1, 0.15) is 46.1 Å². The average molecular weight is 368 g/mol. The van der Waals surface area contributed by atoms with Crippen molar-refractivity contribution in [3.8, 4) is 5.75 Å². The first-order valence-corrected chi connectivity index (χ1v) is 10.7. The van der Waals surface area contributed by atoms with Gasteiger partial charge in [-0.1, -0.05) is 39.8 Å². The van der Waals surface area contributed by atoms with E-state index in [9.17, 15) is 13.2 Å². The second-order valence-electron chi connectivity index (χ2n) is 7.71. The number of hydrogen-bond donors (Lipinski definition) is 0. The Hall–Kier alpha value is -1.56. The zero-order valence-electron chi connectivity index (χ0n) is 15.6. The van der Waals surface area contributed by atoms with Crippen molar-refractivity contribution in [2.45, 2.75) is 52.0 Å². The predicted molar refractivity (Wildman–Crippen MR) is 99.7 cm³/mol. The molecule has 0 aliphatic carbocycles. The minimum absolute atomic E-state index is 0.00975. The first kappa shape index (κ1) is 19.8. The van der Waals surface area contributed by atoms with E-state index in [0.717, 1.165) is 12.0 Å². The van der Waals surface area contributed by atoms with Crippen molar-refractivity contribution < 1.29 is 17.9 Å². The Balaban J connectivity index is 2.02. The van der Waals surface area contributed by atoms with Crippen molar-refractivity contribution in [3.63, 3.8) is 0 Å². The normalized spacial score (nSPS) is 19.6. The Kier molecular flexibility index (Phi) is 6.14. The first-order chi connectivity index (χ1) is 11.6. The molecule has 1 aliphatic heterocycles. The van der Waals surface area contributed by atoms with E-state index in [1.54, 1.807) is 4.90 Å². The number of carbonyl (C=O) groups is 1. The van der Waals surface area contributed by atoms with Crippen LogP contribution in [-0.4, -0.2) is 49.9 Å². The third-order valence-electron chi connectivity index (χ3n) is 4.50. The molecule has 1 aromatic rings. The Morgan fingerprint density at radius 2 is 2.04 bits per heavy atom. The molecule has 1 fully saturated rings. The predicted octanol–water partition coefficient (Wildman–Crippen LogP) is 2.79. The molecule has 1 atom stereocenters. The molecule has 6 heteroatoms. The van der Waals surface area contributed by atoms with E-state index in [1.165, 1.54) is 0 Å². The van der Waals surface area contributed by atoms with E-state index < -0.39 is 9.84 Å². The summed E-state index contributed by atoms with van der Waals surface area (Å²) >= 11 is 0. The summed E-state index contributed by atoms with van der Waals surface area (Å²) in [6, 6.07) is 7.54. The highest BCUT2D eigenvalue weighted by Gasteiger charge is 2.34. The first-order valence-electron chi connectivity index (χ1n) is 8.85. The van der Waals surface area contributed by atoms with Gasteiger partial charge in [0, 0.05) is 12.6 Å². The number of hydrogen-bond acceptors (Lipinski definition) is 4. The van der Waals surface area contributed by atoms with Gasteiger partial charge in [0.2, 0.25) is 0 Å². The van der Waals surface area contributed by atoms with Crippen molar-refractivity contribution in [3.05, 3.63) is 29.8 Å². The quantitative estimate of drug-likeness (QED) is 0.776. The molecule has 0 saturated carbocycles. The molecule has 1 heterocycles. The largest absolute Gasteiger partial charge is 0.484 e. The maximum atomic E-state index is 12.6. The van der Waals surface area contributed by atoms with Gasteiger partial charge in [0.15, 0.2) is 16.4 Å². The molecule has 0 radical (unpaired) electrons. The van der Waals surface area contributed by atoms with Gasteiger partial charge in [0.05, 0.1) is 11.5 Å². The molecule has 5 nitrogen and oxygen atoms in total. The molecule has 0 N–H and O–H groups in total. The van der Waals surface area contributed by atoms with E-state index in [0.29, 0.717) is 18.7 Å². The van der Waals surface area contributed by atoms with Crippen molar-refractivity contribution in [2.75, 3.05) is 24.7 Å². The summed E-state index contributed by atoms with van der Waals surface area (Å²) in [7, 11) is -3.02. The highest BCUT2D eigenvalue weighted by Crippen LogP contribution is 2.26. The summed E-state index contributed by atoms with van der Waals surface area (Å²) in [5.41, 5.74) is 1.15. The summed E-state index contributed by atoms with van der Waals surface area (Å²) in [4.78, 5) is 14.3. The smallest absolute Gasteiger partial charge is 0.260 e. The van der Waals surface area contributed by atoms with Gasteiger partial charge in [-0.05, 0) is 36.0 Å². The second-order valence-corrected chi connectivity index (χ2v) is 9.94. The molecule has 1 saturated heterocycles. The fourth-order valence-corrected chi connectivity index (χ4v) is 4.78. The van der Waals surface area contributed by atoms with Gasteiger partial charge in [0.25, 0.3) is 5.91 Å². The summed E-state index contributed by atoms with van der Waals surface area (Å²) < 4.78 is 29.1. The molecule has 140 valence electrons. The summed E-state index contributed by atoms with van der Waals surface area (Å²) in [5.74, 6) is 0.749. The van der Waals surface area contributed by atoms with Gasteiger partial charge in [-0.2, -0.15) is 0 Å².